The second kappa shape index (κ2) is 4.47. The van der Waals surface area contributed by atoms with E-state index in [-0.39, 0.29) is 11.9 Å². The molecule has 1 aliphatic rings. The number of aldehydes is 1. The van der Waals surface area contributed by atoms with Crippen LogP contribution >= 0.6 is 0 Å². The van der Waals surface area contributed by atoms with E-state index in [2.05, 4.69) is 4.98 Å². The predicted octanol–water partition coefficient (Wildman–Crippen LogP) is 0.879. The standard InChI is InChI=1S/C11H15N3O2/c1-9(11(16)13-4-2-3-5-13)14-8-12-6-10(14)7-15/h6-9H,2-5H2,1H3. The molecule has 16 heavy (non-hydrogen) atoms. The lowest BCUT2D eigenvalue weighted by molar-refractivity contribution is -0.133. The Hall–Kier alpha value is -1.65. The molecule has 1 amide bonds. The number of rotatable bonds is 3. The topological polar surface area (TPSA) is 55.2 Å². The van der Waals surface area contributed by atoms with Crippen LogP contribution in [0.25, 0.3) is 0 Å². The minimum Gasteiger partial charge on any atom is -0.341 e. The molecular formula is C11H15N3O2. The lowest BCUT2D eigenvalue weighted by atomic mass is 10.2. The molecule has 1 aliphatic heterocycles. The molecule has 0 bridgehead atoms. The Morgan fingerprint density at radius 2 is 2.19 bits per heavy atom. The zero-order valence-electron chi connectivity index (χ0n) is 9.30. The first kappa shape index (κ1) is 10.9. The van der Waals surface area contributed by atoms with Gasteiger partial charge in [0.1, 0.15) is 11.7 Å². The van der Waals surface area contributed by atoms with E-state index in [4.69, 9.17) is 0 Å². The number of carbonyl (C=O) groups is 2. The maximum Gasteiger partial charge on any atom is 0.245 e. The van der Waals surface area contributed by atoms with Crippen LogP contribution in [0, 0.1) is 0 Å². The molecule has 2 rings (SSSR count). The average molecular weight is 221 g/mol. The van der Waals surface area contributed by atoms with Crippen LogP contribution in [0.2, 0.25) is 0 Å². The second-order valence-corrected chi connectivity index (χ2v) is 4.05. The highest BCUT2D eigenvalue weighted by molar-refractivity contribution is 5.82. The summed E-state index contributed by atoms with van der Waals surface area (Å²) in [6.07, 6.45) is 5.87. The third kappa shape index (κ3) is 1.85. The van der Waals surface area contributed by atoms with Crippen molar-refractivity contribution in [2.75, 3.05) is 13.1 Å². The highest BCUT2D eigenvalue weighted by Crippen LogP contribution is 2.16. The number of nitrogens with zero attached hydrogens (tertiary/aromatic N) is 3. The number of likely N-dealkylation sites (tertiary alicyclic amines) is 1. The molecule has 86 valence electrons. The van der Waals surface area contributed by atoms with Gasteiger partial charge in [-0.2, -0.15) is 0 Å². The van der Waals surface area contributed by atoms with Crippen molar-refractivity contribution >= 4 is 12.2 Å². The number of amides is 1. The molecule has 0 aliphatic carbocycles. The SMILES string of the molecule is CC(C(=O)N1CCCC1)n1cncc1C=O. The van der Waals surface area contributed by atoms with Gasteiger partial charge in [-0.3, -0.25) is 9.59 Å². The van der Waals surface area contributed by atoms with Crippen LogP contribution in [0.5, 0.6) is 0 Å². The summed E-state index contributed by atoms with van der Waals surface area (Å²) in [4.78, 5) is 28.6. The summed E-state index contributed by atoms with van der Waals surface area (Å²) in [5.74, 6) is 0.0681. The van der Waals surface area contributed by atoms with Gasteiger partial charge in [0.2, 0.25) is 5.91 Å². The molecule has 2 heterocycles. The second-order valence-electron chi connectivity index (χ2n) is 4.05. The Morgan fingerprint density at radius 1 is 1.50 bits per heavy atom. The summed E-state index contributed by atoms with van der Waals surface area (Å²) < 4.78 is 1.62. The van der Waals surface area contributed by atoms with Crippen molar-refractivity contribution in [3.8, 4) is 0 Å². The van der Waals surface area contributed by atoms with Gasteiger partial charge >= 0.3 is 0 Å². The minimum atomic E-state index is -0.346. The van der Waals surface area contributed by atoms with E-state index in [1.807, 2.05) is 4.90 Å². The first-order valence-electron chi connectivity index (χ1n) is 5.50. The third-order valence-electron chi connectivity index (χ3n) is 3.01. The fraction of sp³-hybridized carbons (Fsp3) is 0.545. The molecule has 5 heteroatoms. The summed E-state index contributed by atoms with van der Waals surface area (Å²) in [6.45, 7) is 3.46. The van der Waals surface area contributed by atoms with Crippen molar-refractivity contribution in [1.82, 2.24) is 14.5 Å². The van der Waals surface area contributed by atoms with Gasteiger partial charge in [0.05, 0.1) is 12.5 Å². The minimum absolute atomic E-state index is 0.0681. The number of hydrogen-bond acceptors (Lipinski definition) is 3. The highest BCUT2D eigenvalue weighted by Gasteiger charge is 2.25. The number of aromatic nitrogens is 2. The van der Waals surface area contributed by atoms with Crippen LogP contribution in [0.3, 0.4) is 0 Å². The van der Waals surface area contributed by atoms with E-state index in [9.17, 15) is 9.59 Å². The van der Waals surface area contributed by atoms with E-state index >= 15 is 0 Å². The quantitative estimate of drug-likeness (QED) is 0.712. The van der Waals surface area contributed by atoms with Crippen LogP contribution in [0.1, 0.15) is 36.3 Å². The van der Waals surface area contributed by atoms with Crippen molar-refractivity contribution in [3.05, 3.63) is 18.2 Å². The van der Waals surface area contributed by atoms with Gasteiger partial charge in [0.15, 0.2) is 6.29 Å². The molecule has 1 atom stereocenters. The van der Waals surface area contributed by atoms with E-state index < -0.39 is 0 Å². The average Bonchev–Trinajstić information content (AvgIpc) is 2.97. The summed E-state index contributed by atoms with van der Waals surface area (Å²) in [7, 11) is 0. The van der Waals surface area contributed by atoms with Gasteiger partial charge in [0.25, 0.3) is 0 Å². The maximum absolute atomic E-state index is 12.1. The van der Waals surface area contributed by atoms with Crippen LogP contribution in [-0.4, -0.2) is 39.7 Å². The van der Waals surface area contributed by atoms with Gasteiger partial charge in [0, 0.05) is 13.1 Å². The molecule has 0 aromatic carbocycles. The van der Waals surface area contributed by atoms with E-state index in [1.54, 1.807) is 11.5 Å². The molecule has 0 N–H and O–H groups in total. The summed E-state index contributed by atoms with van der Waals surface area (Å²) in [5, 5.41) is 0. The molecule has 1 fully saturated rings. The molecule has 1 unspecified atom stereocenters. The molecule has 5 nitrogen and oxygen atoms in total. The van der Waals surface area contributed by atoms with Crippen LogP contribution in [-0.2, 0) is 4.79 Å². The van der Waals surface area contributed by atoms with E-state index in [0.29, 0.717) is 5.69 Å². The van der Waals surface area contributed by atoms with Gasteiger partial charge in [-0.05, 0) is 19.8 Å². The lowest BCUT2D eigenvalue weighted by Gasteiger charge is -2.21. The summed E-state index contributed by atoms with van der Waals surface area (Å²) >= 11 is 0. The first-order chi connectivity index (χ1) is 7.74. The summed E-state index contributed by atoms with van der Waals surface area (Å²) in [6, 6.07) is -0.346. The molecule has 1 saturated heterocycles. The Kier molecular flexibility index (Phi) is 3.03. The zero-order valence-corrected chi connectivity index (χ0v) is 9.30. The van der Waals surface area contributed by atoms with Crippen molar-refractivity contribution < 1.29 is 9.59 Å². The Balaban J connectivity index is 2.14. The normalized spacial score (nSPS) is 17.4. The molecule has 1 aromatic heterocycles. The molecule has 1 aromatic rings. The lowest BCUT2D eigenvalue weighted by Crippen LogP contribution is -2.34. The monoisotopic (exact) mass is 221 g/mol. The Bertz CT molecular complexity index is 394. The Labute approximate surface area is 94.1 Å². The molecular weight excluding hydrogens is 206 g/mol. The van der Waals surface area contributed by atoms with Crippen molar-refractivity contribution in [1.29, 1.82) is 0 Å². The van der Waals surface area contributed by atoms with Crippen molar-refractivity contribution in [2.45, 2.75) is 25.8 Å². The zero-order chi connectivity index (χ0) is 11.5. The van der Waals surface area contributed by atoms with Crippen molar-refractivity contribution in [2.24, 2.45) is 0 Å². The van der Waals surface area contributed by atoms with Gasteiger partial charge < -0.3 is 9.47 Å². The summed E-state index contributed by atoms with van der Waals surface area (Å²) in [5.41, 5.74) is 0.444. The first-order valence-corrected chi connectivity index (χ1v) is 5.50. The van der Waals surface area contributed by atoms with Gasteiger partial charge in [-0.25, -0.2) is 4.98 Å². The van der Waals surface area contributed by atoms with Gasteiger partial charge in [-0.15, -0.1) is 0 Å². The number of imidazole rings is 1. The largest absolute Gasteiger partial charge is 0.341 e. The fourth-order valence-corrected chi connectivity index (χ4v) is 2.05. The highest BCUT2D eigenvalue weighted by atomic mass is 16.2. The fourth-order valence-electron chi connectivity index (χ4n) is 2.05. The Morgan fingerprint density at radius 3 is 2.81 bits per heavy atom. The number of carbonyl (C=O) groups excluding carboxylic acids is 2. The van der Waals surface area contributed by atoms with E-state index in [0.717, 1.165) is 32.2 Å². The molecule has 0 radical (unpaired) electrons. The maximum atomic E-state index is 12.1. The van der Waals surface area contributed by atoms with Crippen LogP contribution in [0.15, 0.2) is 12.5 Å². The van der Waals surface area contributed by atoms with Crippen molar-refractivity contribution in [3.63, 3.8) is 0 Å². The third-order valence-corrected chi connectivity index (χ3v) is 3.01. The van der Waals surface area contributed by atoms with Crippen LogP contribution in [0.4, 0.5) is 0 Å². The smallest absolute Gasteiger partial charge is 0.245 e. The molecule has 0 saturated carbocycles. The number of hydrogen-bond donors (Lipinski definition) is 0. The predicted molar refractivity (Wildman–Crippen MR) is 58.1 cm³/mol. The molecule has 0 spiro atoms. The van der Waals surface area contributed by atoms with Gasteiger partial charge in [-0.1, -0.05) is 0 Å². The van der Waals surface area contributed by atoms with E-state index in [1.165, 1.54) is 12.5 Å². The van der Waals surface area contributed by atoms with Crippen LogP contribution < -0.4 is 0 Å².